The van der Waals surface area contributed by atoms with Crippen LogP contribution in [0, 0.1) is 6.92 Å². The van der Waals surface area contributed by atoms with Crippen molar-refractivity contribution in [3.63, 3.8) is 0 Å². The van der Waals surface area contributed by atoms with Crippen molar-refractivity contribution < 1.29 is 9.53 Å². The lowest BCUT2D eigenvalue weighted by Crippen LogP contribution is -2.33. The summed E-state index contributed by atoms with van der Waals surface area (Å²) in [5.41, 5.74) is 3.06. The second-order valence-corrected chi connectivity index (χ2v) is 7.52. The molecule has 3 aromatic rings. The molecule has 27 heavy (non-hydrogen) atoms. The first-order chi connectivity index (χ1) is 13.2. The number of likely N-dealkylation sites (tertiary alicyclic amines) is 1. The Balaban J connectivity index is 1.36. The van der Waals surface area contributed by atoms with Crippen LogP contribution in [0.2, 0.25) is 0 Å². The van der Waals surface area contributed by atoms with E-state index in [2.05, 4.69) is 38.3 Å². The maximum absolute atomic E-state index is 12.1. The molecule has 0 amide bonds. The molecule has 1 saturated heterocycles. The van der Waals surface area contributed by atoms with E-state index in [9.17, 15) is 4.79 Å². The summed E-state index contributed by atoms with van der Waals surface area (Å²) in [7, 11) is 0. The van der Waals surface area contributed by atoms with E-state index in [1.165, 1.54) is 10.9 Å². The summed E-state index contributed by atoms with van der Waals surface area (Å²) in [6.45, 7) is 5.27. The van der Waals surface area contributed by atoms with Crippen molar-refractivity contribution in [1.82, 2.24) is 20.1 Å². The summed E-state index contributed by atoms with van der Waals surface area (Å²) in [6, 6.07) is 10.2. The highest BCUT2D eigenvalue weighted by atomic mass is 16.5. The molecule has 0 bridgehead atoms. The van der Waals surface area contributed by atoms with Crippen LogP contribution in [0.1, 0.15) is 51.9 Å². The molecule has 2 aromatic carbocycles. The Morgan fingerprint density at radius 3 is 2.85 bits per heavy atom. The number of benzene rings is 2. The first-order valence-electron chi connectivity index (χ1n) is 9.51. The van der Waals surface area contributed by atoms with Crippen molar-refractivity contribution >= 4 is 16.7 Å². The van der Waals surface area contributed by atoms with Gasteiger partial charge in [0.2, 0.25) is 0 Å². The molecule has 0 spiro atoms. The maximum atomic E-state index is 12.1. The van der Waals surface area contributed by atoms with Crippen molar-refractivity contribution in [3.05, 3.63) is 58.7 Å². The summed E-state index contributed by atoms with van der Waals surface area (Å²) >= 11 is 0. The van der Waals surface area contributed by atoms with Gasteiger partial charge in [0.25, 0.3) is 0 Å². The Morgan fingerprint density at radius 1 is 1.22 bits per heavy atom. The third-order valence-electron chi connectivity index (χ3n) is 5.76. The molecule has 3 heterocycles. The van der Waals surface area contributed by atoms with Crippen molar-refractivity contribution in [2.45, 2.75) is 38.8 Å². The molecule has 138 valence electrons. The van der Waals surface area contributed by atoms with Crippen LogP contribution in [0.15, 0.2) is 30.3 Å². The van der Waals surface area contributed by atoms with Gasteiger partial charge in [-0.15, -0.1) is 0 Å². The van der Waals surface area contributed by atoms with Crippen LogP contribution < -0.4 is 0 Å². The van der Waals surface area contributed by atoms with E-state index in [0.717, 1.165) is 55.1 Å². The zero-order valence-electron chi connectivity index (χ0n) is 15.4. The summed E-state index contributed by atoms with van der Waals surface area (Å²) in [5.74, 6) is 2.06. The number of carbonyl (C=O) groups excluding carboxylic acids is 1. The van der Waals surface area contributed by atoms with Gasteiger partial charge in [0.1, 0.15) is 12.4 Å². The fourth-order valence-electron chi connectivity index (χ4n) is 4.32. The van der Waals surface area contributed by atoms with Gasteiger partial charge in [0.15, 0.2) is 5.82 Å². The monoisotopic (exact) mass is 362 g/mol. The van der Waals surface area contributed by atoms with E-state index in [1.807, 2.05) is 19.1 Å². The lowest BCUT2D eigenvalue weighted by atomic mass is 9.92. The molecule has 1 fully saturated rings. The highest BCUT2D eigenvalue weighted by Gasteiger charge is 2.25. The third-order valence-corrected chi connectivity index (χ3v) is 5.76. The predicted octanol–water partition coefficient (Wildman–Crippen LogP) is 3.32. The molecule has 0 aliphatic carbocycles. The largest absolute Gasteiger partial charge is 0.457 e. The minimum absolute atomic E-state index is 0.215. The normalized spacial score (nSPS) is 18.0. The molecular weight excluding hydrogens is 340 g/mol. The smallest absolute Gasteiger partial charge is 0.339 e. The molecule has 1 N–H and O–H groups in total. The molecule has 6 nitrogen and oxygen atoms in total. The second kappa shape index (κ2) is 6.46. The number of hydrogen-bond donors (Lipinski definition) is 1. The number of esters is 1. The SMILES string of the molecule is Cc1nc(C2CCN(Cc3ccc4c5c(cccc35)C(=O)OC4)CC2)n[nH]1. The van der Waals surface area contributed by atoms with Crippen LogP contribution in [0.5, 0.6) is 0 Å². The molecule has 0 atom stereocenters. The van der Waals surface area contributed by atoms with Crippen LogP contribution >= 0.6 is 0 Å². The lowest BCUT2D eigenvalue weighted by Gasteiger charge is -2.31. The standard InChI is InChI=1S/C21H22N4O2/c1-13-22-20(24-23-13)14-7-9-25(10-8-14)11-15-5-6-16-12-27-21(26)18-4-2-3-17(15)19(16)18/h2-6,14H,7-12H2,1H3,(H,22,23,24). The van der Waals surface area contributed by atoms with E-state index < -0.39 is 0 Å². The van der Waals surface area contributed by atoms with Crippen LogP contribution in [0.4, 0.5) is 0 Å². The molecule has 5 rings (SSSR count). The quantitative estimate of drug-likeness (QED) is 0.724. The van der Waals surface area contributed by atoms with Gasteiger partial charge in [-0.05, 0) is 55.4 Å². The van der Waals surface area contributed by atoms with Crippen molar-refractivity contribution in [3.8, 4) is 0 Å². The molecule has 2 aliphatic heterocycles. The number of carbonyl (C=O) groups is 1. The van der Waals surface area contributed by atoms with Crippen LogP contribution in [0.3, 0.4) is 0 Å². The first-order valence-corrected chi connectivity index (χ1v) is 9.51. The molecule has 1 aromatic heterocycles. The van der Waals surface area contributed by atoms with Crippen LogP contribution in [-0.4, -0.2) is 39.1 Å². The summed E-state index contributed by atoms with van der Waals surface area (Å²) in [5, 5.41) is 9.52. The highest BCUT2D eigenvalue weighted by Crippen LogP contribution is 2.32. The summed E-state index contributed by atoms with van der Waals surface area (Å²) in [6.07, 6.45) is 2.15. The molecule has 0 unspecified atom stereocenters. The number of aromatic nitrogens is 3. The number of aromatic amines is 1. The Bertz CT molecular complexity index is 1020. The number of ether oxygens (including phenoxy) is 1. The van der Waals surface area contributed by atoms with Gasteiger partial charge in [-0.1, -0.05) is 24.3 Å². The fraction of sp³-hybridized carbons (Fsp3) is 0.381. The number of rotatable bonds is 3. The number of H-pyrrole nitrogens is 1. The molecule has 6 heteroatoms. The Morgan fingerprint density at radius 2 is 2.07 bits per heavy atom. The Kier molecular flexibility index (Phi) is 3.93. The minimum atomic E-state index is -0.215. The van der Waals surface area contributed by atoms with Gasteiger partial charge >= 0.3 is 5.97 Å². The number of nitrogens with one attached hydrogen (secondary N) is 1. The molecule has 0 saturated carbocycles. The zero-order chi connectivity index (χ0) is 18.4. The number of hydrogen-bond acceptors (Lipinski definition) is 5. The zero-order valence-corrected chi connectivity index (χ0v) is 15.4. The Labute approximate surface area is 157 Å². The highest BCUT2D eigenvalue weighted by molar-refractivity contribution is 6.08. The predicted molar refractivity (Wildman–Crippen MR) is 101 cm³/mol. The van der Waals surface area contributed by atoms with Gasteiger partial charge in [-0.2, -0.15) is 5.10 Å². The number of cyclic esters (lactones) is 1. The lowest BCUT2D eigenvalue weighted by molar-refractivity contribution is 0.0463. The third kappa shape index (κ3) is 2.90. The number of piperidine rings is 1. The van der Waals surface area contributed by atoms with Gasteiger partial charge < -0.3 is 4.74 Å². The number of nitrogens with zero attached hydrogens (tertiary/aromatic N) is 3. The molecular formula is C21H22N4O2. The topological polar surface area (TPSA) is 71.1 Å². The minimum Gasteiger partial charge on any atom is -0.457 e. The molecule has 0 radical (unpaired) electrons. The Hall–Kier alpha value is -2.73. The molecule has 2 aliphatic rings. The fourth-order valence-corrected chi connectivity index (χ4v) is 4.32. The van der Waals surface area contributed by atoms with E-state index in [4.69, 9.17) is 4.74 Å². The first kappa shape index (κ1) is 16.4. The van der Waals surface area contributed by atoms with Gasteiger partial charge in [0.05, 0.1) is 5.56 Å². The van der Waals surface area contributed by atoms with Crippen molar-refractivity contribution in [1.29, 1.82) is 0 Å². The van der Waals surface area contributed by atoms with Crippen molar-refractivity contribution in [2.75, 3.05) is 13.1 Å². The summed E-state index contributed by atoms with van der Waals surface area (Å²) in [4.78, 5) is 19.1. The van der Waals surface area contributed by atoms with E-state index in [-0.39, 0.29) is 5.97 Å². The average Bonchev–Trinajstić information content (AvgIpc) is 3.13. The van der Waals surface area contributed by atoms with Crippen molar-refractivity contribution in [2.24, 2.45) is 0 Å². The second-order valence-electron chi connectivity index (χ2n) is 7.52. The van der Waals surface area contributed by atoms with Crippen LogP contribution in [0.25, 0.3) is 10.8 Å². The van der Waals surface area contributed by atoms with Crippen LogP contribution in [-0.2, 0) is 17.9 Å². The van der Waals surface area contributed by atoms with E-state index in [0.29, 0.717) is 18.1 Å². The van der Waals surface area contributed by atoms with Gasteiger partial charge in [-0.3, -0.25) is 10.00 Å². The maximum Gasteiger partial charge on any atom is 0.339 e. The average molecular weight is 362 g/mol. The van der Waals surface area contributed by atoms with Gasteiger partial charge in [0, 0.05) is 17.8 Å². The van der Waals surface area contributed by atoms with Gasteiger partial charge in [-0.25, -0.2) is 9.78 Å². The van der Waals surface area contributed by atoms with E-state index >= 15 is 0 Å². The summed E-state index contributed by atoms with van der Waals surface area (Å²) < 4.78 is 5.28. The van der Waals surface area contributed by atoms with E-state index in [1.54, 1.807) is 0 Å². The number of aryl methyl sites for hydroxylation is 1.